The minimum atomic E-state index is -3.19. The number of carbonyl (C=O) groups excluding carboxylic acids is 1. The number of halogens is 1. The topological polar surface area (TPSA) is 65.1 Å². The molecule has 19 heavy (non-hydrogen) atoms. The Hall–Kier alpha value is 0.0600. The molecule has 0 aromatic heterocycles. The lowest BCUT2D eigenvalue weighted by Crippen LogP contribution is -2.41. The first kappa shape index (κ1) is 15.4. The van der Waals surface area contributed by atoms with E-state index in [1.54, 1.807) is 4.90 Å². The van der Waals surface area contributed by atoms with Gasteiger partial charge in [0.2, 0.25) is 0 Å². The van der Waals surface area contributed by atoms with Crippen molar-refractivity contribution < 1.29 is 23.1 Å². The number of carbonyl (C=O) groups is 1. The summed E-state index contributed by atoms with van der Waals surface area (Å²) in [6, 6.07) is -0.0431. The lowest BCUT2D eigenvalue weighted by Gasteiger charge is -2.30. The van der Waals surface area contributed by atoms with Crippen LogP contribution in [0.15, 0.2) is 0 Å². The summed E-state index contributed by atoms with van der Waals surface area (Å²) < 4.78 is 26.9. The molecule has 3 unspecified atom stereocenters. The van der Waals surface area contributed by atoms with Crippen LogP contribution in [0.5, 0.6) is 0 Å². The summed E-state index contributed by atoms with van der Waals surface area (Å²) in [6.45, 7) is -3.19. The van der Waals surface area contributed by atoms with Crippen molar-refractivity contribution >= 4 is 35.9 Å². The Morgan fingerprint density at radius 3 is 2.79 bits per heavy atom. The van der Waals surface area contributed by atoms with Crippen LogP contribution >= 0.6 is 29.8 Å². The highest BCUT2D eigenvalue weighted by atomic mass is 35.5. The Morgan fingerprint density at radius 2 is 2.16 bits per heavy atom. The fraction of sp³-hybridized carbons (Fsp3) is 0.900. The molecule has 1 aliphatic carbocycles. The first-order chi connectivity index (χ1) is 8.99. The first-order valence-corrected chi connectivity index (χ1v) is 9.53. The van der Waals surface area contributed by atoms with Crippen LogP contribution in [0.25, 0.3) is 0 Å². The summed E-state index contributed by atoms with van der Waals surface area (Å²) in [7, 11) is 2.63. The van der Waals surface area contributed by atoms with Gasteiger partial charge in [0.15, 0.2) is 0 Å². The second-order valence-electron chi connectivity index (χ2n) is 4.44. The maximum Gasteiger partial charge on any atom is 0.411 e. The van der Waals surface area contributed by atoms with Crippen LogP contribution in [0.3, 0.4) is 0 Å². The van der Waals surface area contributed by atoms with Crippen LogP contribution in [-0.2, 0) is 18.3 Å². The van der Waals surface area contributed by atoms with Crippen LogP contribution in [0.4, 0.5) is 4.79 Å². The second-order valence-corrected chi connectivity index (χ2v) is 9.31. The minimum Gasteiger partial charge on any atom is -0.444 e. The van der Waals surface area contributed by atoms with E-state index in [4.69, 9.17) is 25.4 Å². The van der Waals surface area contributed by atoms with Gasteiger partial charge in [-0.1, -0.05) is 0 Å². The Balaban J connectivity index is 1.99. The molecule has 0 aromatic rings. The fourth-order valence-electron chi connectivity index (χ4n) is 2.33. The van der Waals surface area contributed by atoms with Gasteiger partial charge in [-0.2, -0.15) is 0 Å². The van der Waals surface area contributed by atoms with Crippen LogP contribution in [0.2, 0.25) is 0 Å². The molecule has 2 fully saturated rings. The van der Waals surface area contributed by atoms with E-state index in [-0.39, 0.29) is 29.5 Å². The number of fused-ring (bicyclic) bond motifs is 1. The summed E-state index contributed by atoms with van der Waals surface area (Å²) in [5.74, 6) is 0.211. The molecule has 1 saturated heterocycles. The zero-order valence-electron chi connectivity index (χ0n) is 10.8. The highest BCUT2D eigenvalue weighted by molar-refractivity contribution is 8.55. The summed E-state index contributed by atoms with van der Waals surface area (Å²) >= 11 is 7.11. The zero-order valence-corrected chi connectivity index (χ0v) is 13.2. The van der Waals surface area contributed by atoms with Crippen molar-refractivity contribution in [1.29, 1.82) is 0 Å². The molecule has 1 saturated carbocycles. The molecule has 1 aliphatic heterocycles. The predicted molar refractivity (Wildman–Crippen MR) is 73.5 cm³/mol. The number of ether oxygens (including phenoxy) is 1. The molecule has 0 aromatic carbocycles. The number of hydrogen-bond donors (Lipinski definition) is 0. The molecule has 2 rings (SSSR count). The molecule has 1 amide bonds. The number of rotatable bonds is 5. The van der Waals surface area contributed by atoms with Gasteiger partial charge in [0.05, 0.1) is 11.9 Å². The molecular weight excluding hydrogens is 313 g/mol. The lowest BCUT2D eigenvalue weighted by atomic mass is 9.92. The van der Waals surface area contributed by atoms with E-state index < -0.39 is 6.80 Å². The lowest BCUT2D eigenvalue weighted by molar-refractivity contribution is 0.114. The third-order valence-electron chi connectivity index (χ3n) is 3.38. The molecule has 3 atom stereocenters. The summed E-state index contributed by atoms with van der Waals surface area (Å²) in [5.41, 5.74) is 0. The molecule has 110 valence electrons. The van der Waals surface area contributed by atoms with E-state index in [0.29, 0.717) is 6.42 Å². The largest absolute Gasteiger partial charge is 0.444 e. The molecule has 9 heteroatoms. The molecule has 0 bridgehead atoms. The Kier molecular flexibility index (Phi) is 5.06. The van der Waals surface area contributed by atoms with Gasteiger partial charge in [-0.25, -0.2) is 9.36 Å². The van der Waals surface area contributed by atoms with Gasteiger partial charge >= 0.3 is 12.9 Å². The van der Waals surface area contributed by atoms with Crippen molar-refractivity contribution in [2.24, 2.45) is 0 Å². The summed E-state index contributed by atoms with van der Waals surface area (Å²) in [5, 5.41) is 0.0555. The van der Waals surface area contributed by atoms with Gasteiger partial charge in [0, 0.05) is 19.6 Å². The third kappa shape index (κ3) is 3.39. The highest BCUT2D eigenvalue weighted by Gasteiger charge is 2.45. The number of hydrogen-bond acceptors (Lipinski definition) is 6. The van der Waals surface area contributed by atoms with Crippen molar-refractivity contribution in [1.82, 2.24) is 4.90 Å². The fourth-order valence-corrected chi connectivity index (χ4v) is 4.99. The van der Waals surface area contributed by atoms with Gasteiger partial charge in [-0.3, -0.25) is 4.90 Å². The summed E-state index contributed by atoms with van der Waals surface area (Å²) in [4.78, 5) is 13.4. The van der Waals surface area contributed by atoms with Crippen molar-refractivity contribution in [3.63, 3.8) is 0 Å². The number of amides is 1. The zero-order chi connectivity index (χ0) is 14.0. The van der Waals surface area contributed by atoms with E-state index in [1.807, 2.05) is 0 Å². The quantitative estimate of drug-likeness (QED) is 0.570. The van der Waals surface area contributed by atoms with Crippen LogP contribution in [-0.4, -0.2) is 48.6 Å². The monoisotopic (exact) mass is 329 g/mol. The smallest absolute Gasteiger partial charge is 0.411 e. The molecule has 6 nitrogen and oxygen atoms in total. The van der Waals surface area contributed by atoms with Crippen LogP contribution in [0.1, 0.15) is 19.3 Å². The van der Waals surface area contributed by atoms with Crippen molar-refractivity contribution in [2.45, 2.75) is 36.8 Å². The Morgan fingerprint density at radius 1 is 1.47 bits per heavy atom. The standard InChI is InChI=1S/C10H17ClNO5PS/c1-15-18(14,16-2)19-6-12-8-5-7(11)3-4-9(8)17-10(12)13/h7-9H,3-6H2,1-2H3. The normalized spacial score (nSPS) is 31.2. The maximum atomic E-state index is 12.0. The van der Waals surface area contributed by atoms with E-state index in [0.717, 1.165) is 24.2 Å². The van der Waals surface area contributed by atoms with Gasteiger partial charge in [-0.05, 0) is 30.6 Å². The number of nitrogens with zero attached hydrogens (tertiary/aromatic N) is 1. The van der Waals surface area contributed by atoms with E-state index in [9.17, 15) is 9.36 Å². The van der Waals surface area contributed by atoms with Crippen LogP contribution in [0, 0.1) is 0 Å². The SMILES string of the molecule is COP(=O)(OC)SCN1C(=O)OC2CCC(Cl)CC21. The van der Waals surface area contributed by atoms with Gasteiger partial charge < -0.3 is 13.8 Å². The van der Waals surface area contributed by atoms with Crippen molar-refractivity contribution in [3.05, 3.63) is 0 Å². The average molecular weight is 330 g/mol. The van der Waals surface area contributed by atoms with E-state index >= 15 is 0 Å². The predicted octanol–water partition coefficient (Wildman–Crippen LogP) is 3.06. The third-order valence-corrected chi connectivity index (χ3v) is 7.57. The van der Waals surface area contributed by atoms with Gasteiger partial charge in [0.1, 0.15) is 6.10 Å². The van der Waals surface area contributed by atoms with Gasteiger partial charge in [0.25, 0.3) is 0 Å². The van der Waals surface area contributed by atoms with Crippen molar-refractivity contribution in [3.8, 4) is 0 Å². The molecular formula is C10H17ClNO5PS. The van der Waals surface area contributed by atoms with E-state index in [2.05, 4.69) is 0 Å². The molecule has 0 radical (unpaired) electrons. The van der Waals surface area contributed by atoms with Gasteiger partial charge in [-0.15, -0.1) is 11.6 Å². The first-order valence-electron chi connectivity index (χ1n) is 5.96. The Bertz CT molecular complexity index is 390. The molecule has 1 heterocycles. The molecule has 0 spiro atoms. The average Bonchev–Trinajstić information content (AvgIpc) is 2.71. The van der Waals surface area contributed by atoms with E-state index in [1.165, 1.54) is 14.2 Å². The molecule has 0 N–H and O–H groups in total. The van der Waals surface area contributed by atoms with Crippen LogP contribution < -0.4 is 0 Å². The summed E-state index contributed by atoms with van der Waals surface area (Å²) in [6.07, 6.45) is 1.84. The maximum absolute atomic E-state index is 12.0. The molecule has 2 aliphatic rings. The number of alkyl halides is 1. The minimum absolute atomic E-state index is 0.0431. The van der Waals surface area contributed by atoms with Crippen molar-refractivity contribution in [2.75, 3.05) is 20.1 Å². The highest BCUT2D eigenvalue weighted by Crippen LogP contribution is 2.59. The Labute approximate surface area is 121 Å². The second kappa shape index (κ2) is 6.22.